The first-order valence-electron chi connectivity index (χ1n) is 5.80. The maximum atomic E-state index is 8.71. The fraction of sp³-hybridized carbons (Fsp3) is 0.143. The van der Waals surface area contributed by atoms with Crippen LogP contribution in [0.1, 0.15) is 16.8 Å². The molecule has 5 heteroatoms. The highest BCUT2D eigenvalue weighted by Crippen LogP contribution is 2.24. The predicted octanol–water partition coefficient (Wildman–Crippen LogP) is 2.59. The second-order valence-electron chi connectivity index (χ2n) is 4.19. The van der Waals surface area contributed by atoms with Gasteiger partial charge in [-0.05, 0) is 31.5 Å². The Hall–Kier alpha value is -2.56. The molecule has 0 radical (unpaired) electrons. The monoisotopic (exact) mass is 257 g/mol. The van der Waals surface area contributed by atoms with Crippen molar-refractivity contribution in [3.05, 3.63) is 53.2 Å². The van der Waals surface area contributed by atoms with E-state index in [1.54, 1.807) is 12.1 Å². The maximum Gasteiger partial charge on any atom is 0.220 e. The Labute approximate surface area is 111 Å². The van der Waals surface area contributed by atoms with Gasteiger partial charge in [0.2, 0.25) is 5.88 Å². The van der Waals surface area contributed by atoms with Gasteiger partial charge in [-0.25, -0.2) is 4.98 Å². The lowest BCUT2D eigenvalue weighted by molar-refractivity contribution is 0.318. The molecule has 0 saturated heterocycles. The summed E-state index contributed by atoms with van der Waals surface area (Å²) in [5.74, 6) is 1.17. The van der Waals surface area contributed by atoms with E-state index in [0.717, 1.165) is 17.0 Å². The van der Waals surface area contributed by atoms with E-state index in [-0.39, 0.29) is 5.84 Å². The normalized spacial score (nSPS) is 11.4. The highest BCUT2D eigenvalue weighted by Gasteiger charge is 2.07. The molecule has 0 aliphatic rings. The van der Waals surface area contributed by atoms with Gasteiger partial charge in [0.15, 0.2) is 5.84 Å². The van der Waals surface area contributed by atoms with Crippen molar-refractivity contribution < 1.29 is 9.94 Å². The minimum atomic E-state index is 0.0279. The smallest absolute Gasteiger partial charge is 0.220 e. The van der Waals surface area contributed by atoms with Gasteiger partial charge in [0, 0.05) is 17.3 Å². The second-order valence-corrected chi connectivity index (χ2v) is 4.19. The molecule has 0 atom stereocenters. The number of amidine groups is 1. The van der Waals surface area contributed by atoms with Gasteiger partial charge in [-0.15, -0.1) is 0 Å². The summed E-state index contributed by atoms with van der Waals surface area (Å²) in [6, 6.07) is 11.0. The van der Waals surface area contributed by atoms with Crippen LogP contribution in [0.3, 0.4) is 0 Å². The number of nitrogens with zero attached hydrogens (tertiary/aromatic N) is 2. The van der Waals surface area contributed by atoms with Gasteiger partial charge in [-0.2, -0.15) is 0 Å². The average molecular weight is 257 g/mol. The minimum Gasteiger partial charge on any atom is -0.439 e. The van der Waals surface area contributed by atoms with E-state index in [2.05, 4.69) is 10.1 Å². The van der Waals surface area contributed by atoms with Gasteiger partial charge >= 0.3 is 0 Å². The van der Waals surface area contributed by atoms with Crippen LogP contribution in [0.15, 0.2) is 41.6 Å². The van der Waals surface area contributed by atoms with E-state index in [0.29, 0.717) is 11.4 Å². The maximum absolute atomic E-state index is 8.71. The lowest BCUT2D eigenvalue weighted by atomic mass is 10.2. The largest absolute Gasteiger partial charge is 0.439 e. The van der Waals surface area contributed by atoms with Crippen molar-refractivity contribution in [3.8, 4) is 11.6 Å². The molecule has 1 heterocycles. The van der Waals surface area contributed by atoms with Gasteiger partial charge in [-0.3, -0.25) is 0 Å². The van der Waals surface area contributed by atoms with Crippen LogP contribution >= 0.6 is 0 Å². The standard InChI is InChI=1S/C14H15N3O2/c1-9-5-3-4-6-12(9)19-13-8-11(14(15)17-18)7-10(2)16-13/h3-8,18H,1-2H3,(H2,15,17). The van der Waals surface area contributed by atoms with Crippen LogP contribution in [0.25, 0.3) is 0 Å². The molecule has 1 aromatic heterocycles. The summed E-state index contributed by atoms with van der Waals surface area (Å²) in [5.41, 5.74) is 7.88. The molecule has 0 spiro atoms. The number of benzene rings is 1. The Morgan fingerprint density at radius 1 is 1.26 bits per heavy atom. The SMILES string of the molecule is Cc1cc(/C(N)=N/O)cc(Oc2ccccc2C)n1. The summed E-state index contributed by atoms with van der Waals surface area (Å²) in [4.78, 5) is 4.27. The van der Waals surface area contributed by atoms with Crippen molar-refractivity contribution in [2.45, 2.75) is 13.8 Å². The lowest BCUT2D eigenvalue weighted by Crippen LogP contribution is -2.13. The highest BCUT2D eigenvalue weighted by atomic mass is 16.5. The molecule has 98 valence electrons. The zero-order chi connectivity index (χ0) is 13.8. The molecule has 0 aliphatic carbocycles. The van der Waals surface area contributed by atoms with Crippen LogP contribution in [0.5, 0.6) is 11.6 Å². The molecule has 2 rings (SSSR count). The summed E-state index contributed by atoms with van der Waals surface area (Å²) in [5, 5.41) is 11.7. The van der Waals surface area contributed by atoms with Gasteiger partial charge in [-0.1, -0.05) is 23.4 Å². The van der Waals surface area contributed by atoms with E-state index in [1.165, 1.54) is 0 Å². The molecule has 2 aromatic rings. The summed E-state index contributed by atoms with van der Waals surface area (Å²) in [6.45, 7) is 3.77. The Bertz CT molecular complexity index is 624. The van der Waals surface area contributed by atoms with Crippen molar-refractivity contribution in [2.75, 3.05) is 0 Å². The lowest BCUT2D eigenvalue weighted by Gasteiger charge is -2.09. The molecular weight excluding hydrogens is 242 g/mol. The zero-order valence-corrected chi connectivity index (χ0v) is 10.8. The highest BCUT2D eigenvalue weighted by molar-refractivity contribution is 5.97. The number of hydrogen-bond acceptors (Lipinski definition) is 4. The molecule has 0 aliphatic heterocycles. The summed E-state index contributed by atoms with van der Waals surface area (Å²) in [6.07, 6.45) is 0. The van der Waals surface area contributed by atoms with Gasteiger partial charge < -0.3 is 15.7 Å². The third kappa shape index (κ3) is 3.01. The number of nitrogens with two attached hydrogens (primary N) is 1. The fourth-order valence-electron chi connectivity index (χ4n) is 1.68. The summed E-state index contributed by atoms with van der Waals surface area (Å²) < 4.78 is 5.72. The van der Waals surface area contributed by atoms with Crippen LogP contribution in [-0.2, 0) is 0 Å². The number of hydrogen-bond donors (Lipinski definition) is 2. The van der Waals surface area contributed by atoms with Crippen molar-refractivity contribution in [3.63, 3.8) is 0 Å². The first kappa shape index (κ1) is 12.9. The third-order valence-corrected chi connectivity index (χ3v) is 2.64. The molecular formula is C14H15N3O2. The minimum absolute atomic E-state index is 0.0279. The van der Waals surface area contributed by atoms with Crippen LogP contribution in [0, 0.1) is 13.8 Å². The van der Waals surface area contributed by atoms with Crippen LogP contribution in [0.2, 0.25) is 0 Å². The first-order chi connectivity index (χ1) is 9.10. The first-order valence-corrected chi connectivity index (χ1v) is 5.80. The quantitative estimate of drug-likeness (QED) is 0.383. The Balaban J connectivity index is 2.36. The van der Waals surface area contributed by atoms with Crippen LogP contribution < -0.4 is 10.5 Å². The van der Waals surface area contributed by atoms with Gasteiger partial charge in [0.05, 0.1) is 0 Å². The average Bonchev–Trinajstić information content (AvgIpc) is 2.40. The van der Waals surface area contributed by atoms with Gasteiger partial charge in [0.25, 0.3) is 0 Å². The molecule has 5 nitrogen and oxygen atoms in total. The van der Waals surface area contributed by atoms with Crippen molar-refractivity contribution in [2.24, 2.45) is 10.9 Å². The van der Waals surface area contributed by atoms with E-state index >= 15 is 0 Å². The van der Waals surface area contributed by atoms with E-state index < -0.39 is 0 Å². The topological polar surface area (TPSA) is 80.7 Å². The number of aryl methyl sites for hydroxylation is 2. The number of ether oxygens (including phenoxy) is 1. The van der Waals surface area contributed by atoms with E-state index in [4.69, 9.17) is 15.7 Å². The van der Waals surface area contributed by atoms with Crippen molar-refractivity contribution >= 4 is 5.84 Å². The predicted molar refractivity (Wildman–Crippen MR) is 72.7 cm³/mol. The Kier molecular flexibility index (Phi) is 3.66. The molecule has 0 bridgehead atoms. The van der Waals surface area contributed by atoms with Crippen molar-refractivity contribution in [1.82, 2.24) is 4.98 Å². The Morgan fingerprint density at radius 3 is 2.68 bits per heavy atom. The number of pyridine rings is 1. The van der Waals surface area contributed by atoms with Gasteiger partial charge in [0.1, 0.15) is 5.75 Å². The molecule has 0 unspecified atom stereocenters. The molecule has 19 heavy (non-hydrogen) atoms. The molecule has 0 amide bonds. The fourth-order valence-corrected chi connectivity index (χ4v) is 1.68. The number of rotatable bonds is 3. The second kappa shape index (κ2) is 5.39. The van der Waals surface area contributed by atoms with Crippen molar-refractivity contribution in [1.29, 1.82) is 0 Å². The molecule has 3 N–H and O–H groups in total. The number of para-hydroxylation sites is 1. The number of oxime groups is 1. The third-order valence-electron chi connectivity index (χ3n) is 2.64. The van der Waals surface area contributed by atoms with Crippen LogP contribution in [-0.4, -0.2) is 16.0 Å². The molecule has 0 fully saturated rings. The van der Waals surface area contributed by atoms with Crippen LogP contribution in [0.4, 0.5) is 0 Å². The zero-order valence-electron chi connectivity index (χ0n) is 10.8. The Morgan fingerprint density at radius 2 is 2.00 bits per heavy atom. The molecule has 0 saturated carbocycles. The summed E-state index contributed by atoms with van der Waals surface area (Å²) in [7, 11) is 0. The summed E-state index contributed by atoms with van der Waals surface area (Å²) >= 11 is 0. The van der Waals surface area contributed by atoms with E-state index in [9.17, 15) is 0 Å². The number of aromatic nitrogens is 1. The van der Waals surface area contributed by atoms with E-state index in [1.807, 2.05) is 38.1 Å². The molecule has 1 aromatic carbocycles.